The topological polar surface area (TPSA) is 69.4 Å². The van der Waals surface area contributed by atoms with Crippen LogP contribution in [0.15, 0.2) is 18.2 Å². The summed E-state index contributed by atoms with van der Waals surface area (Å²) in [5.74, 6) is 6.53. The second kappa shape index (κ2) is 5.84. The number of anilines is 1. The van der Waals surface area contributed by atoms with E-state index in [9.17, 15) is 0 Å². The molecule has 1 heterocycles. The Labute approximate surface area is 101 Å². The molecule has 0 aromatic carbocycles. The van der Waals surface area contributed by atoms with E-state index in [4.69, 9.17) is 15.3 Å². The van der Waals surface area contributed by atoms with Crippen LogP contribution in [0.2, 0.25) is 0 Å². The van der Waals surface area contributed by atoms with Crippen molar-refractivity contribution in [1.29, 1.82) is 0 Å². The number of nitrogens with two attached hydrogens (primary N) is 1. The number of ether oxygens (including phenoxy) is 2. The minimum absolute atomic E-state index is 0.189. The van der Waals surface area contributed by atoms with Gasteiger partial charge in [-0.25, -0.2) is 5.84 Å². The summed E-state index contributed by atoms with van der Waals surface area (Å²) in [6, 6.07) is 5.51. The van der Waals surface area contributed by atoms with Crippen LogP contribution in [0.5, 0.6) is 5.88 Å². The SMILES string of the molecule is COC1CCCC(Oc2cccc(NN)n2)C1. The molecule has 1 saturated carbocycles. The number of pyridine rings is 1. The Balaban J connectivity index is 1.95. The third kappa shape index (κ3) is 3.31. The second-order valence-corrected chi connectivity index (χ2v) is 4.27. The average molecular weight is 237 g/mol. The van der Waals surface area contributed by atoms with Crippen LogP contribution in [-0.4, -0.2) is 24.3 Å². The van der Waals surface area contributed by atoms with Gasteiger partial charge in [-0.05, 0) is 25.3 Å². The number of nitrogens with one attached hydrogen (secondary N) is 1. The predicted molar refractivity (Wildman–Crippen MR) is 65.7 cm³/mol. The zero-order valence-electron chi connectivity index (χ0n) is 10.1. The molecule has 1 aromatic heterocycles. The smallest absolute Gasteiger partial charge is 0.215 e. The second-order valence-electron chi connectivity index (χ2n) is 4.27. The number of rotatable bonds is 4. The summed E-state index contributed by atoms with van der Waals surface area (Å²) < 4.78 is 11.2. The van der Waals surface area contributed by atoms with Gasteiger partial charge in [0.1, 0.15) is 11.9 Å². The maximum atomic E-state index is 5.84. The lowest BCUT2D eigenvalue weighted by atomic mass is 9.95. The highest BCUT2D eigenvalue weighted by Crippen LogP contribution is 2.24. The lowest BCUT2D eigenvalue weighted by molar-refractivity contribution is 0.0195. The molecule has 3 N–H and O–H groups in total. The highest BCUT2D eigenvalue weighted by molar-refractivity contribution is 5.35. The van der Waals surface area contributed by atoms with Crippen molar-refractivity contribution in [1.82, 2.24) is 4.98 Å². The summed E-state index contributed by atoms with van der Waals surface area (Å²) in [4.78, 5) is 4.24. The van der Waals surface area contributed by atoms with Crippen LogP contribution in [-0.2, 0) is 4.74 Å². The van der Waals surface area contributed by atoms with Gasteiger partial charge in [-0.1, -0.05) is 6.07 Å². The van der Waals surface area contributed by atoms with Crippen molar-refractivity contribution in [3.8, 4) is 5.88 Å². The van der Waals surface area contributed by atoms with Crippen LogP contribution in [0.1, 0.15) is 25.7 Å². The van der Waals surface area contributed by atoms with E-state index in [0.717, 1.165) is 25.7 Å². The standard InChI is InChI=1S/C12H19N3O2/c1-16-9-4-2-5-10(8-9)17-12-7-3-6-11(14-12)15-13/h3,6-7,9-10H,2,4-5,8,13H2,1H3,(H,14,15). The molecule has 17 heavy (non-hydrogen) atoms. The first-order chi connectivity index (χ1) is 8.31. The molecule has 0 spiro atoms. The largest absolute Gasteiger partial charge is 0.474 e. The summed E-state index contributed by atoms with van der Waals surface area (Å²) in [5.41, 5.74) is 2.51. The zero-order valence-corrected chi connectivity index (χ0v) is 10.1. The first-order valence-electron chi connectivity index (χ1n) is 5.95. The van der Waals surface area contributed by atoms with E-state index in [1.54, 1.807) is 13.2 Å². The fraction of sp³-hybridized carbons (Fsp3) is 0.583. The number of nitrogen functional groups attached to an aromatic ring is 1. The summed E-state index contributed by atoms with van der Waals surface area (Å²) >= 11 is 0. The zero-order chi connectivity index (χ0) is 12.1. The van der Waals surface area contributed by atoms with Crippen LogP contribution in [0.25, 0.3) is 0 Å². The van der Waals surface area contributed by atoms with Crippen LogP contribution < -0.4 is 16.0 Å². The molecule has 5 nitrogen and oxygen atoms in total. The predicted octanol–water partition coefficient (Wildman–Crippen LogP) is 1.70. The summed E-state index contributed by atoms with van der Waals surface area (Å²) in [6.07, 6.45) is 4.74. The van der Waals surface area contributed by atoms with Gasteiger partial charge in [0.15, 0.2) is 0 Å². The lowest BCUT2D eigenvalue weighted by Crippen LogP contribution is -2.29. The molecule has 1 aliphatic carbocycles. The Hall–Kier alpha value is -1.33. The Morgan fingerprint density at radius 1 is 1.35 bits per heavy atom. The van der Waals surface area contributed by atoms with Crippen LogP contribution in [0, 0.1) is 0 Å². The number of nitrogens with zero attached hydrogens (tertiary/aromatic N) is 1. The molecule has 2 unspecified atom stereocenters. The number of methoxy groups -OCH3 is 1. The van der Waals surface area contributed by atoms with Crippen molar-refractivity contribution in [3.05, 3.63) is 18.2 Å². The monoisotopic (exact) mass is 237 g/mol. The van der Waals surface area contributed by atoms with Gasteiger partial charge in [-0.2, -0.15) is 4.98 Å². The molecule has 2 rings (SSSR count). The quantitative estimate of drug-likeness (QED) is 0.616. The first kappa shape index (κ1) is 12.1. The Morgan fingerprint density at radius 3 is 2.94 bits per heavy atom. The fourth-order valence-corrected chi connectivity index (χ4v) is 2.15. The Morgan fingerprint density at radius 2 is 2.18 bits per heavy atom. The molecular weight excluding hydrogens is 218 g/mol. The minimum Gasteiger partial charge on any atom is -0.474 e. The molecule has 0 radical (unpaired) electrons. The molecule has 1 aliphatic rings. The van der Waals surface area contributed by atoms with E-state index in [1.165, 1.54) is 0 Å². The van der Waals surface area contributed by atoms with E-state index in [1.807, 2.05) is 12.1 Å². The average Bonchev–Trinajstić information content (AvgIpc) is 2.39. The first-order valence-corrected chi connectivity index (χ1v) is 5.95. The van der Waals surface area contributed by atoms with Gasteiger partial charge in [0.25, 0.3) is 0 Å². The molecule has 1 fully saturated rings. The molecule has 94 valence electrons. The normalized spacial score (nSPS) is 24.4. The third-order valence-electron chi connectivity index (χ3n) is 3.07. The van der Waals surface area contributed by atoms with E-state index in [2.05, 4.69) is 10.4 Å². The molecule has 0 saturated heterocycles. The molecule has 0 bridgehead atoms. The van der Waals surface area contributed by atoms with Gasteiger partial charge in [0.2, 0.25) is 5.88 Å². The van der Waals surface area contributed by atoms with Gasteiger partial charge in [0.05, 0.1) is 6.10 Å². The van der Waals surface area contributed by atoms with Gasteiger partial charge >= 0.3 is 0 Å². The van der Waals surface area contributed by atoms with Gasteiger partial charge in [-0.15, -0.1) is 0 Å². The molecule has 1 aromatic rings. The number of hydrogen-bond acceptors (Lipinski definition) is 5. The highest BCUT2D eigenvalue weighted by atomic mass is 16.5. The molecule has 0 amide bonds. The Bertz CT molecular complexity index is 359. The van der Waals surface area contributed by atoms with Crippen molar-refractivity contribution in [2.45, 2.75) is 37.9 Å². The summed E-state index contributed by atoms with van der Waals surface area (Å²) in [5, 5.41) is 0. The van der Waals surface area contributed by atoms with Crippen molar-refractivity contribution in [2.75, 3.05) is 12.5 Å². The number of aromatic nitrogens is 1. The summed E-state index contributed by atoms with van der Waals surface area (Å²) in [6.45, 7) is 0. The van der Waals surface area contributed by atoms with Crippen molar-refractivity contribution < 1.29 is 9.47 Å². The third-order valence-corrected chi connectivity index (χ3v) is 3.07. The van der Waals surface area contributed by atoms with Crippen molar-refractivity contribution >= 4 is 5.82 Å². The van der Waals surface area contributed by atoms with Crippen molar-refractivity contribution in [2.24, 2.45) is 5.84 Å². The van der Waals surface area contributed by atoms with Gasteiger partial charge < -0.3 is 14.9 Å². The maximum absolute atomic E-state index is 5.84. The van der Waals surface area contributed by atoms with E-state index < -0.39 is 0 Å². The Kier molecular flexibility index (Phi) is 4.17. The fourth-order valence-electron chi connectivity index (χ4n) is 2.15. The van der Waals surface area contributed by atoms with E-state index in [0.29, 0.717) is 17.8 Å². The van der Waals surface area contributed by atoms with Crippen LogP contribution >= 0.6 is 0 Å². The van der Waals surface area contributed by atoms with Gasteiger partial charge in [0, 0.05) is 19.6 Å². The van der Waals surface area contributed by atoms with E-state index in [-0.39, 0.29) is 6.10 Å². The van der Waals surface area contributed by atoms with Gasteiger partial charge in [-0.3, -0.25) is 0 Å². The van der Waals surface area contributed by atoms with Crippen LogP contribution in [0.3, 0.4) is 0 Å². The highest BCUT2D eigenvalue weighted by Gasteiger charge is 2.23. The minimum atomic E-state index is 0.189. The molecule has 0 aliphatic heterocycles. The molecule has 5 heteroatoms. The molecular formula is C12H19N3O2. The van der Waals surface area contributed by atoms with E-state index >= 15 is 0 Å². The maximum Gasteiger partial charge on any atom is 0.215 e. The number of hydrazine groups is 1. The molecule has 2 atom stereocenters. The van der Waals surface area contributed by atoms with Crippen molar-refractivity contribution in [3.63, 3.8) is 0 Å². The number of hydrogen-bond donors (Lipinski definition) is 2. The van der Waals surface area contributed by atoms with Crippen LogP contribution in [0.4, 0.5) is 5.82 Å². The lowest BCUT2D eigenvalue weighted by Gasteiger charge is -2.28. The summed E-state index contributed by atoms with van der Waals surface area (Å²) in [7, 11) is 1.75.